The van der Waals surface area contributed by atoms with Gasteiger partial charge in [0.2, 0.25) is 5.91 Å². The highest BCUT2D eigenvalue weighted by Gasteiger charge is 2.11. The fourth-order valence-electron chi connectivity index (χ4n) is 2.50. The van der Waals surface area contributed by atoms with Crippen LogP contribution in [0.15, 0.2) is 48.5 Å². The highest BCUT2D eigenvalue weighted by Crippen LogP contribution is 2.24. The number of rotatable bonds is 9. The lowest BCUT2D eigenvalue weighted by Crippen LogP contribution is -2.32. The molecule has 1 unspecified atom stereocenters. The van der Waals surface area contributed by atoms with Crippen LogP contribution in [-0.4, -0.2) is 30.5 Å². The Labute approximate surface area is 166 Å². The van der Waals surface area contributed by atoms with E-state index in [4.69, 9.17) is 4.74 Å². The van der Waals surface area contributed by atoms with Gasteiger partial charge in [0.25, 0.3) is 5.91 Å². The predicted octanol–water partition coefficient (Wildman–Crippen LogP) is 4.05. The van der Waals surface area contributed by atoms with E-state index in [1.165, 1.54) is 0 Å². The van der Waals surface area contributed by atoms with Gasteiger partial charge in [0, 0.05) is 17.3 Å². The Morgan fingerprint density at radius 3 is 2.50 bits per heavy atom. The molecule has 0 heterocycles. The summed E-state index contributed by atoms with van der Waals surface area (Å²) in [5.74, 6) is 0.344. The number of hydrogen-bond acceptors (Lipinski definition) is 4. The average Bonchev–Trinajstić information content (AvgIpc) is 2.67. The van der Waals surface area contributed by atoms with Crippen molar-refractivity contribution in [2.75, 3.05) is 17.2 Å². The van der Waals surface area contributed by atoms with Gasteiger partial charge in [-0.15, -0.1) is 0 Å². The molecule has 2 rings (SSSR count). The first-order valence-electron chi connectivity index (χ1n) is 9.59. The fourth-order valence-corrected chi connectivity index (χ4v) is 2.50. The molecule has 6 heteroatoms. The van der Waals surface area contributed by atoms with E-state index in [1.807, 2.05) is 52.0 Å². The lowest BCUT2D eigenvalue weighted by atomic mass is 10.1. The van der Waals surface area contributed by atoms with Crippen LogP contribution < -0.4 is 20.7 Å². The van der Waals surface area contributed by atoms with E-state index in [2.05, 4.69) is 16.0 Å². The highest BCUT2D eigenvalue weighted by atomic mass is 16.5. The van der Waals surface area contributed by atoms with Gasteiger partial charge in [0.15, 0.2) is 0 Å². The molecule has 2 amide bonds. The molecule has 0 radical (unpaired) electrons. The number of hydrogen-bond donors (Lipinski definition) is 3. The first-order chi connectivity index (χ1) is 13.4. The normalized spacial score (nSPS) is 11.6. The van der Waals surface area contributed by atoms with Crippen molar-refractivity contribution in [3.8, 4) is 5.75 Å². The van der Waals surface area contributed by atoms with Crippen molar-refractivity contribution in [1.82, 2.24) is 5.32 Å². The number of carbonyl (C=O) groups is 2. The van der Waals surface area contributed by atoms with Crippen molar-refractivity contribution in [2.45, 2.75) is 46.3 Å². The maximum atomic E-state index is 12.3. The van der Waals surface area contributed by atoms with Crippen molar-refractivity contribution >= 4 is 23.2 Å². The molecule has 1 atom stereocenters. The van der Waals surface area contributed by atoms with Gasteiger partial charge < -0.3 is 20.7 Å². The molecule has 6 nitrogen and oxygen atoms in total. The number of nitrogens with one attached hydrogen (secondary N) is 3. The summed E-state index contributed by atoms with van der Waals surface area (Å²) in [5, 5.41) is 8.82. The van der Waals surface area contributed by atoms with Crippen LogP contribution in [0.5, 0.6) is 5.75 Å². The Hall–Kier alpha value is -3.02. The number of anilines is 2. The summed E-state index contributed by atoms with van der Waals surface area (Å²) >= 11 is 0. The molecule has 0 bridgehead atoms. The summed E-state index contributed by atoms with van der Waals surface area (Å²) in [4.78, 5) is 24.5. The average molecular weight is 383 g/mol. The van der Waals surface area contributed by atoms with Crippen molar-refractivity contribution in [2.24, 2.45) is 0 Å². The first kappa shape index (κ1) is 21.3. The largest absolute Gasteiger partial charge is 0.489 e. The predicted molar refractivity (Wildman–Crippen MR) is 113 cm³/mol. The second-order valence-corrected chi connectivity index (χ2v) is 6.93. The summed E-state index contributed by atoms with van der Waals surface area (Å²) in [6, 6.07) is 14.5. The smallest absolute Gasteiger partial charge is 0.251 e. The molecule has 0 spiro atoms. The summed E-state index contributed by atoms with van der Waals surface area (Å²) in [7, 11) is 0. The summed E-state index contributed by atoms with van der Waals surface area (Å²) in [6.07, 6.45) is 0.900. The van der Waals surface area contributed by atoms with Crippen LogP contribution in [0.2, 0.25) is 0 Å². The second-order valence-electron chi connectivity index (χ2n) is 6.93. The minimum absolute atomic E-state index is 0.0427. The number of para-hydroxylation sites is 2. The van der Waals surface area contributed by atoms with Crippen LogP contribution in [0.4, 0.5) is 11.4 Å². The zero-order valence-corrected chi connectivity index (χ0v) is 16.9. The van der Waals surface area contributed by atoms with Crippen LogP contribution >= 0.6 is 0 Å². The van der Waals surface area contributed by atoms with Gasteiger partial charge in [-0.1, -0.05) is 25.1 Å². The molecule has 0 aliphatic rings. The van der Waals surface area contributed by atoms with Crippen molar-refractivity contribution in [3.05, 3.63) is 54.1 Å². The minimum Gasteiger partial charge on any atom is -0.489 e. The minimum atomic E-state index is -0.209. The Kier molecular flexibility index (Phi) is 7.87. The van der Waals surface area contributed by atoms with E-state index in [-0.39, 0.29) is 30.5 Å². The van der Waals surface area contributed by atoms with E-state index < -0.39 is 0 Å². The number of benzene rings is 2. The maximum absolute atomic E-state index is 12.3. The molecule has 0 aromatic heterocycles. The van der Waals surface area contributed by atoms with E-state index in [9.17, 15) is 9.59 Å². The molecule has 0 aliphatic carbocycles. The molecule has 0 aliphatic heterocycles. The summed E-state index contributed by atoms with van der Waals surface area (Å²) in [5.41, 5.74) is 1.85. The standard InChI is InChI=1S/C22H29N3O3/c1-5-16(4)24-22(27)17-9-8-10-18(13-17)25-21(26)14-23-19-11-6-7-12-20(19)28-15(2)3/h6-13,15-16,23H,5,14H2,1-4H3,(H,24,27)(H,25,26). The van der Waals surface area contributed by atoms with Gasteiger partial charge in [0.05, 0.1) is 18.3 Å². The Morgan fingerprint density at radius 2 is 1.79 bits per heavy atom. The van der Waals surface area contributed by atoms with E-state index in [1.54, 1.807) is 24.3 Å². The van der Waals surface area contributed by atoms with Crippen molar-refractivity contribution < 1.29 is 14.3 Å². The SMILES string of the molecule is CCC(C)NC(=O)c1cccc(NC(=O)CNc2ccccc2OC(C)C)c1. The van der Waals surface area contributed by atoms with Gasteiger partial charge in [-0.3, -0.25) is 9.59 Å². The van der Waals surface area contributed by atoms with Crippen LogP contribution in [0.25, 0.3) is 0 Å². The third-order valence-corrected chi connectivity index (χ3v) is 4.09. The van der Waals surface area contributed by atoms with Gasteiger partial charge in [-0.2, -0.15) is 0 Å². The first-order valence-corrected chi connectivity index (χ1v) is 9.59. The van der Waals surface area contributed by atoms with E-state index in [0.717, 1.165) is 12.1 Å². The van der Waals surface area contributed by atoms with Crippen molar-refractivity contribution in [1.29, 1.82) is 0 Å². The van der Waals surface area contributed by atoms with Crippen molar-refractivity contribution in [3.63, 3.8) is 0 Å². The molecule has 3 N–H and O–H groups in total. The Morgan fingerprint density at radius 1 is 1.04 bits per heavy atom. The highest BCUT2D eigenvalue weighted by molar-refractivity contribution is 5.98. The Balaban J connectivity index is 1.95. The lowest BCUT2D eigenvalue weighted by molar-refractivity contribution is -0.114. The topological polar surface area (TPSA) is 79.5 Å². The van der Waals surface area contributed by atoms with Gasteiger partial charge in [-0.05, 0) is 57.5 Å². The van der Waals surface area contributed by atoms with E-state index in [0.29, 0.717) is 17.0 Å². The molecule has 0 saturated carbocycles. The molecular weight excluding hydrogens is 354 g/mol. The molecule has 2 aromatic carbocycles. The summed E-state index contributed by atoms with van der Waals surface area (Å²) in [6.45, 7) is 7.96. The zero-order valence-electron chi connectivity index (χ0n) is 16.9. The monoisotopic (exact) mass is 383 g/mol. The van der Waals surface area contributed by atoms with Gasteiger partial charge in [0.1, 0.15) is 5.75 Å². The molecular formula is C22H29N3O3. The van der Waals surface area contributed by atoms with E-state index >= 15 is 0 Å². The molecule has 150 valence electrons. The number of carbonyl (C=O) groups excluding carboxylic acids is 2. The Bertz CT molecular complexity index is 805. The third-order valence-electron chi connectivity index (χ3n) is 4.09. The number of ether oxygens (including phenoxy) is 1. The molecule has 0 saturated heterocycles. The van der Waals surface area contributed by atoms with Crippen LogP contribution in [0.3, 0.4) is 0 Å². The van der Waals surface area contributed by atoms with Crippen LogP contribution in [0.1, 0.15) is 44.5 Å². The summed E-state index contributed by atoms with van der Waals surface area (Å²) < 4.78 is 5.74. The number of amides is 2. The quantitative estimate of drug-likeness (QED) is 0.610. The van der Waals surface area contributed by atoms with Gasteiger partial charge in [-0.25, -0.2) is 0 Å². The molecule has 0 fully saturated rings. The fraction of sp³-hybridized carbons (Fsp3) is 0.364. The second kappa shape index (κ2) is 10.3. The van der Waals surface area contributed by atoms with Crippen LogP contribution in [0, 0.1) is 0 Å². The maximum Gasteiger partial charge on any atom is 0.251 e. The molecule has 2 aromatic rings. The molecule has 28 heavy (non-hydrogen) atoms. The lowest BCUT2D eigenvalue weighted by Gasteiger charge is -2.15. The van der Waals surface area contributed by atoms with Crippen LogP contribution in [-0.2, 0) is 4.79 Å². The zero-order chi connectivity index (χ0) is 20.5. The third kappa shape index (κ3) is 6.61. The van der Waals surface area contributed by atoms with Gasteiger partial charge >= 0.3 is 0 Å².